The number of hydrogen-bond donors (Lipinski definition) is 2. The quantitative estimate of drug-likeness (QED) is 0.735. The monoisotopic (exact) mass is 419 g/mol. The average molecular weight is 419 g/mol. The molecule has 3 N–H and O–H groups in total. The Morgan fingerprint density at radius 3 is 2.27 bits per heavy atom. The van der Waals surface area contributed by atoms with Crippen LogP contribution in [0.3, 0.4) is 0 Å². The van der Waals surface area contributed by atoms with Crippen LogP contribution in [0.5, 0.6) is 0 Å². The number of benzene rings is 2. The van der Waals surface area contributed by atoms with Crippen LogP contribution < -0.4 is 11.1 Å². The van der Waals surface area contributed by atoms with Gasteiger partial charge in [-0.3, -0.25) is 9.69 Å². The summed E-state index contributed by atoms with van der Waals surface area (Å²) in [6.45, 7) is 5.31. The maximum absolute atomic E-state index is 13.2. The lowest BCUT2D eigenvalue weighted by Crippen LogP contribution is -2.57. The molecule has 0 atom stereocenters. The molecule has 4 nitrogen and oxygen atoms in total. The first kappa shape index (κ1) is 22.3. The highest BCUT2D eigenvalue weighted by Gasteiger charge is 2.38. The summed E-state index contributed by atoms with van der Waals surface area (Å²) in [5, 5.41) is 2.88. The molecule has 3 rings (SSSR count). The fraction of sp³-hybridized carbons (Fsp3) is 0.435. The van der Waals surface area contributed by atoms with Crippen LogP contribution in [0.1, 0.15) is 49.3 Å². The molecule has 1 heterocycles. The summed E-state index contributed by atoms with van der Waals surface area (Å²) in [5.74, 6) is 0.151. The molecule has 1 fully saturated rings. The van der Waals surface area contributed by atoms with Crippen molar-refractivity contribution in [2.24, 2.45) is 5.73 Å². The number of likely N-dealkylation sites (tertiary alicyclic amines) is 1. The van der Waals surface area contributed by atoms with Crippen LogP contribution >= 0.6 is 0 Å². The first-order valence-electron chi connectivity index (χ1n) is 10.2. The molecule has 30 heavy (non-hydrogen) atoms. The average Bonchev–Trinajstić information content (AvgIpc) is 2.70. The zero-order valence-electron chi connectivity index (χ0n) is 17.3. The van der Waals surface area contributed by atoms with Crippen LogP contribution in [0.15, 0.2) is 48.5 Å². The third kappa shape index (κ3) is 5.21. The molecule has 0 aliphatic carbocycles. The standard InChI is InChI=1S/C23H28F3N3O/c1-16(2)17-7-9-19(10-8-17)28-21(30)22(27)11-13-29(14-12-22)15-18-5-3-4-6-20(18)23(24,25)26/h3-10,16H,11-15,27H2,1-2H3,(H,28,30). The smallest absolute Gasteiger partial charge is 0.324 e. The molecule has 0 spiro atoms. The number of piperidine rings is 1. The fourth-order valence-corrected chi connectivity index (χ4v) is 3.72. The van der Waals surface area contributed by atoms with Crippen molar-refractivity contribution in [2.45, 2.75) is 50.9 Å². The molecule has 2 aromatic rings. The van der Waals surface area contributed by atoms with E-state index in [2.05, 4.69) is 19.2 Å². The van der Waals surface area contributed by atoms with Crippen LogP contribution in [0.4, 0.5) is 18.9 Å². The van der Waals surface area contributed by atoms with Crippen molar-refractivity contribution in [3.63, 3.8) is 0 Å². The second kappa shape index (κ2) is 8.78. The van der Waals surface area contributed by atoms with Gasteiger partial charge in [-0.15, -0.1) is 0 Å². The van der Waals surface area contributed by atoms with Gasteiger partial charge in [0, 0.05) is 25.3 Å². The maximum Gasteiger partial charge on any atom is 0.416 e. The molecule has 0 unspecified atom stereocenters. The normalized spacial score (nSPS) is 17.2. The molecule has 0 saturated carbocycles. The lowest BCUT2D eigenvalue weighted by atomic mass is 9.87. The highest BCUT2D eigenvalue weighted by atomic mass is 19.4. The van der Waals surface area contributed by atoms with E-state index in [9.17, 15) is 18.0 Å². The molecule has 1 amide bonds. The molecule has 0 bridgehead atoms. The van der Waals surface area contributed by atoms with E-state index < -0.39 is 17.3 Å². The summed E-state index contributed by atoms with van der Waals surface area (Å²) in [6.07, 6.45) is -3.61. The fourth-order valence-electron chi connectivity index (χ4n) is 3.72. The number of amides is 1. The number of alkyl halides is 3. The second-order valence-corrected chi connectivity index (χ2v) is 8.32. The Labute approximate surface area is 175 Å². The van der Waals surface area contributed by atoms with Crippen LogP contribution in [0.2, 0.25) is 0 Å². The molecule has 2 aromatic carbocycles. The summed E-state index contributed by atoms with van der Waals surface area (Å²) in [4.78, 5) is 14.7. The third-order valence-corrected chi connectivity index (χ3v) is 5.75. The van der Waals surface area contributed by atoms with Crippen LogP contribution in [0.25, 0.3) is 0 Å². The van der Waals surface area contributed by atoms with Crippen LogP contribution in [-0.4, -0.2) is 29.4 Å². The SMILES string of the molecule is CC(C)c1ccc(NC(=O)C2(N)CCN(Cc3ccccc3C(F)(F)F)CC2)cc1. The Morgan fingerprint density at radius 1 is 1.10 bits per heavy atom. The first-order valence-corrected chi connectivity index (χ1v) is 10.2. The summed E-state index contributed by atoms with van der Waals surface area (Å²) in [6, 6.07) is 13.3. The van der Waals surface area contributed by atoms with Crippen molar-refractivity contribution in [1.29, 1.82) is 0 Å². The molecular formula is C23H28F3N3O. The number of carbonyl (C=O) groups excluding carboxylic acids is 1. The molecule has 1 aliphatic heterocycles. The van der Waals surface area contributed by atoms with E-state index in [4.69, 9.17) is 5.73 Å². The highest BCUT2D eigenvalue weighted by molar-refractivity contribution is 5.98. The van der Waals surface area contributed by atoms with Crippen LogP contribution in [0, 0.1) is 0 Å². The third-order valence-electron chi connectivity index (χ3n) is 5.75. The van der Waals surface area contributed by atoms with Crippen molar-refractivity contribution >= 4 is 11.6 Å². The van der Waals surface area contributed by atoms with Gasteiger partial charge in [-0.2, -0.15) is 13.2 Å². The summed E-state index contributed by atoms with van der Waals surface area (Å²) >= 11 is 0. The number of nitrogens with zero attached hydrogens (tertiary/aromatic N) is 1. The van der Waals surface area contributed by atoms with Gasteiger partial charge < -0.3 is 11.1 Å². The number of nitrogens with two attached hydrogens (primary N) is 1. The number of carbonyl (C=O) groups is 1. The minimum atomic E-state index is -4.38. The zero-order chi connectivity index (χ0) is 21.9. The number of nitrogens with one attached hydrogen (secondary N) is 1. The van der Waals surface area contributed by atoms with E-state index >= 15 is 0 Å². The number of anilines is 1. The van der Waals surface area contributed by atoms with Gasteiger partial charge >= 0.3 is 6.18 Å². The topological polar surface area (TPSA) is 58.4 Å². The Kier molecular flexibility index (Phi) is 6.53. The van der Waals surface area contributed by atoms with Crippen molar-refractivity contribution in [2.75, 3.05) is 18.4 Å². The van der Waals surface area contributed by atoms with E-state index in [1.54, 1.807) is 6.07 Å². The van der Waals surface area contributed by atoms with E-state index in [1.807, 2.05) is 29.2 Å². The summed E-state index contributed by atoms with van der Waals surface area (Å²) in [5.41, 5.74) is 6.83. The molecule has 7 heteroatoms. The summed E-state index contributed by atoms with van der Waals surface area (Å²) in [7, 11) is 0. The molecule has 1 saturated heterocycles. The molecule has 0 radical (unpaired) electrons. The zero-order valence-corrected chi connectivity index (χ0v) is 17.3. The van der Waals surface area contributed by atoms with Gasteiger partial charge in [0.1, 0.15) is 0 Å². The van der Waals surface area contributed by atoms with Gasteiger partial charge in [-0.25, -0.2) is 0 Å². The lowest BCUT2D eigenvalue weighted by molar-refractivity contribution is -0.138. The van der Waals surface area contributed by atoms with E-state index in [1.165, 1.54) is 17.7 Å². The van der Waals surface area contributed by atoms with Gasteiger partial charge in [0.05, 0.1) is 11.1 Å². The van der Waals surface area contributed by atoms with E-state index in [-0.39, 0.29) is 18.0 Å². The Morgan fingerprint density at radius 2 is 1.70 bits per heavy atom. The van der Waals surface area contributed by atoms with Crippen molar-refractivity contribution in [3.05, 3.63) is 65.2 Å². The Balaban J connectivity index is 1.59. The van der Waals surface area contributed by atoms with Crippen LogP contribution in [-0.2, 0) is 17.5 Å². The lowest BCUT2D eigenvalue weighted by Gasteiger charge is -2.38. The minimum absolute atomic E-state index is 0.185. The largest absolute Gasteiger partial charge is 0.416 e. The predicted molar refractivity (Wildman–Crippen MR) is 112 cm³/mol. The molecule has 162 valence electrons. The van der Waals surface area contributed by atoms with Gasteiger partial charge in [0.2, 0.25) is 5.91 Å². The first-order chi connectivity index (χ1) is 14.1. The second-order valence-electron chi connectivity index (χ2n) is 8.32. The Bertz CT molecular complexity index is 870. The van der Waals surface area contributed by atoms with Crippen molar-refractivity contribution < 1.29 is 18.0 Å². The van der Waals surface area contributed by atoms with Gasteiger partial charge in [0.25, 0.3) is 0 Å². The van der Waals surface area contributed by atoms with Crippen molar-refractivity contribution in [3.8, 4) is 0 Å². The molecule has 1 aliphatic rings. The molecule has 0 aromatic heterocycles. The Hall–Kier alpha value is -2.38. The van der Waals surface area contributed by atoms with E-state index in [0.29, 0.717) is 37.5 Å². The number of halogens is 3. The number of hydrogen-bond acceptors (Lipinski definition) is 3. The van der Waals surface area contributed by atoms with Gasteiger partial charge in [0.15, 0.2) is 0 Å². The molecular weight excluding hydrogens is 391 g/mol. The van der Waals surface area contributed by atoms with E-state index in [0.717, 1.165) is 6.07 Å². The van der Waals surface area contributed by atoms with Crippen molar-refractivity contribution in [1.82, 2.24) is 4.90 Å². The van der Waals surface area contributed by atoms with Gasteiger partial charge in [-0.05, 0) is 48.1 Å². The number of rotatable bonds is 5. The predicted octanol–water partition coefficient (Wildman–Crippen LogP) is 4.76. The summed E-state index contributed by atoms with van der Waals surface area (Å²) < 4.78 is 39.6. The van der Waals surface area contributed by atoms with Gasteiger partial charge in [-0.1, -0.05) is 44.2 Å². The maximum atomic E-state index is 13.2. The minimum Gasteiger partial charge on any atom is -0.324 e. The highest BCUT2D eigenvalue weighted by Crippen LogP contribution is 2.33.